The van der Waals surface area contributed by atoms with Crippen LogP contribution < -0.4 is 5.32 Å². The van der Waals surface area contributed by atoms with E-state index in [1.165, 1.54) is 0 Å². The minimum Gasteiger partial charge on any atom is -0.338 e. The van der Waals surface area contributed by atoms with Gasteiger partial charge in [-0.3, -0.25) is 5.10 Å². The lowest BCUT2D eigenvalue weighted by molar-refractivity contribution is 1.07. The van der Waals surface area contributed by atoms with Crippen LogP contribution in [0.25, 0.3) is 10.9 Å². The maximum absolute atomic E-state index is 6.15. The van der Waals surface area contributed by atoms with Crippen LogP contribution in [-0.4, -0.2) is 15.2 Å². The predicted molar refractivity (Wildman–Crippen MR) is 78.4 cm³/mol. The van der Waals surface area contributed by atoms with E-state index in [1.54, 1.807) is 18.3 Å². The second-order valence-electron chi connectivity index (χ2n) is 4.15. The Labute approximate surface area is 119 Å². The van der Waals surface area contributed by atoms with E-state index in [2.05, 4.69) is 20.5 Å². The number of H-pyrrole nitrogens is 1. The molecule has 0 bridgehead atoms. The Kier molecular flexibility index (Phi) is 3.05. The van der Waals surface area contributed by atoms with Gasteiger partial charge in [0.2, 0.25) is 0 Å². The van der Waals surface area contributed by atoms with E-state index < -0.39 is 0 Å². The highest BCUT2D eigenvalue weighted by Crippen LogP contribution is 2.30. The van der Waals surface area contributed by atoms with Crippen LogP contribution in [0.5, 0.6) is 0 Å². The Balaban J connectivity index is 2.08. The Bertz CT molecular complexity index is 751. The van der Waals surface area contributed by atoms with Crippen molar-refractivity contribution < 1.29 is 0 Å². The fourth-order valence-electron chi connectivity index (χ4n) is 1.93. The van der Waals surface area contributed by atoms with Gasteiger partial charge in [0.1, 0.15) is 5.82 Å². The molecule has 0 atom stereocenters. The van der Waals surface area contributed by atoms with E-state index in [4.69, 9.17) is 23.2 Å². The summed E-state index contributed by atoms with van der Waals surface area (Å²) in [5, 5.41) is 12.4. The minimum absolute atomic E-state index is 0.549. The van der Waals surface area contributed by atoms with Gasteiger partial charge < -0.3 is 5.32 Å². The molecule has 6 heteroatoms. The average molecular weight is 293 g/mol. The molecule has 0 aliphatic rings. The first kappa shape index (κ1) is 12.3. The summed E-state index contributed by atoms with van der Waals surface area (Å²) in [6, 6.07) is 7.14. The molecule has 2 N–H and O–H groups in total. The zero-order valence-corrected chi connectivity index (χ0v) is 11.5. The second-order valence-corrected chi connectivity index (χ2v) is 5.00. The largest absolute Gasteiger partial charge is 0.338 e. The van der Waals surface area contributed by atoms with Crippen molar-refractivity contribution in [3.63, 3.8) is 0 Å². The summed E-state index contributed by atoms with van der Waals surface area (Å²) in [6.45, 7) is 1.95. The summed E-state index contributed by atoms with van der Waals surface area (Å²) in [4.78, 5) is 4.34. The fourth-order valence-corrected chi connectivity index (χ4v) is 2.38. The fraction of sp³-hybridized carbons (Fsp3) is 0.0769. The van der Waals surface area contributed by atoms with Crippen molar-refractivity contribution in [2.45, 2.75) is 6.92 Å². The Morgan fingerprint density at radius 2 is 2.05 bits per heavy atom. The number of aromatic amines is 1. The number of aromatic nitrogens is 3. The number of nitrogens with zero attached hydrogens (tertiary/aromatic N) is 2. The zero-order chi connectivity index (χ0) is 13.4. The molecule has 0 saturated heterocycles. The van der Waals surface area contributed by atoms with Crippen molar-refractivity contribution in [1.29, 1.82) is 0 Å². The van der Waals surface area contributed by atoms with Crippen LogP contribution in [0.4, 0.5) is 11.5 Å². The molecule has 0 amide bonds. The molecule has 3 rings (SSSR count). The molecule has 0 spiro atoms. The quantitative estimate of drug-likeness (QED) is 0.740. The summed E-state index contributed by atoms with van der Waals surface area (Å²) in [6.07, 6.45) is 1.70. The summed E-state index contributed by atoms with van der Waals surface area (Å²) in [5.74, 6) is 0.716. The van der Waals surface area contributed by atoms with Gasteiger partial charge in [-0.05, 0) is 31.2 Å². The molecule has 0 aliphatic carbocycles. The van der Waals surface area contributed by atoms with Crippen LogP contribution >= 0.6 is 23.2 Å². The predicted octanol–water partition coefficient (Wildman–Crippen LogP) is 4.32. The molecule has 0 fully saturated rings. The van der Waals surface area contributed by atoms with Gasteiger partial charge in [0.05, 0.1) is 21.6 Å². The van der Waals surface area contributed by atoms with Gasteiger partial charge in [-0.15, -0.1) is 0 Å². The van der Waals surface area contributed by atoms with E-state index in [0.717, 1.165) is 22.3 Å². The van der Waals surface area contributed by atoms with Crippen molar-refractivity contribution in [2.24, 2.45) is 0 Å². The molecule has 0 aliphatic heterocycles. The molecular weight excluding hydrogens is 283 g/mol. The lowest BCUT2D eigenvalue weighted by Crippen LogP contribution is -1.95. The standard InChI is InChI=1S/C13H10Cl2N4/c1-7-12-11(19-18-7)4-5-16-13(12)17-10-3-2-8(14)6-9(10)15/h2-6H,1H3,(H,16,17)(H,18,19). The van der Waals surface area contributed by atoms with Gasteiger partial charge in [-0.25, -0.2) is 4.98 Å². The normalized spacial score (nSPS) is 10.9. The van der Waals surface area contributed by atoms with Gasteiger partial charge in [0.25, 0.3) is 0 Å². The SMILES string of the molecule is Cc1[nH]nc2ccnc(Nc3ccc(Cl)cc3Cl)c12. The van der Waals surface area contributed by atoms with Crippen molar-refractivity contribution in [2.75, 3.05) is 5.32 Å². The van der Waals surface area contributed by atoms with Gasteiger partial charge in [-0.2, -0.15) is 5.10 Å². The van der Waals surface area contributed by atoms with Gasteiger partial charge in [-0.1, -0.05) is 23.2 Å². The Morgan fingerprint density at radius 1 is 1.21 bits per heavy atom. The van der Waals surface area contributed by atoms with Crippen LogP contribution in [0.3, 0.4) is 0 Å². The molecule has 0 unspecified atom stereocenters. The lowest BCUT2D eigenvalue weighted by atomic mass is 10.2. The van der Waals surface area contributed by atoms with Gasteiger partial charge >= 0.3 is 0 Å². The van der Waals surface area contributed by atoms with E-state index >= 15 is 0 Å². The number of rotatable bonds is 2. The zero-order valence-electron chi connectivity index (χ0n) is 10.0. The molecule has 1 aromatic carbocycles. The van der Waals surface area contributed by atoms with Crippen LogP contribution in [0.1, 0.15) is 5.69 Å². The van der Waals surface area contributed by atoms with E-state index in [9.17, 15) is 0 Å². The lowest BCUT2D eigenvalue weighted by Gasteiger charge is -2.09. The summed E-state index contributed by atoms with van der Waals surface area (Å²) >= 11 is 12.0. The first-order chi connectivity index (χ1) is 9.15. The number of nitrogens with one attached hydrogen (secondary N) is 2. The highest BCUT2D eigenvalue weighted by Gasteiger charge is 2.10. The highest BCUT2D eigenvalue weighted by atomic mass is 35.5. The maximum Gasteiger partial charge on any atom is 0.141 e. The first-order valence-corrected chi connectivity index (χ1v) is 6.42. The number of fused-ring (bicyclic) bond motifs is 1. The molecule has 0 radical (unpaired) electrons. The topological polar surface area (TPSA) is 53.6 Å². The maximum atomic E-state index is 6.15. The number of aryl methyl sites for hydroxylation is 1. The summed E-state index contributed by atoms with van der Waals surface area (Å²) in [7, 11) is 0. The van der Waals surface area contributed by atoms with Crippen molar-refractivity contribution >= 4 is 45.6 Å². The summed E-state index contributed by atoms with van der Waals surface area (Å²) in [5.41, 5.74) is 2.57. The second kappa shape index (κ2) is 4.72. The van der Waals surface area contributed by atoms with Crippen molar-refractivity contribution in [1.82, 2.24) is 15.2 Å². The average Bonchev–Trinajstić information content (AvgIpc) is 2.76. The number of anilines is 2. The molecule has 2 heterocycles. The van der Waals surface area contributed by atoms with Gasteiger partial charge in [0.15, 0.2) is 0 Å². The first-order valence-electron chi connectivity index (χ1n) is 5.67. The third-order valence-electron chi connectivity index (χ3n) is 2.83. The van der Waals surface area contributed by atoms with Crippen LogP contribution in [0.2, 0.25) is 10.0 Å². The summed E-state index contributed by atoms with van der Waals surface area (Å²) < 4.78 is 0. The van der Waals surface area contributed by atoms with Crippen molar-refractivity contribution in [3.05, 3.63) is 46.2 Å². The molecule has 96 valence electrons. The molecule has 2 aromatic heterocycles. The number of halogens is 2. The molecule has 19 heavy (non-hydrogen) atoms. The Morgan fingerprint density at radius 3 is 2.84 bits per heavy atom. The van der Waals surface area contributed by atoms with Crippen LogP contribution in [-0.2, 0) is 0 Å². The highest BCUT2D eigenvalue weighted by molar-refractivity contribution is 6.36. The molecule has 0 saturated carbocycles. The smallest absolute Gasteiger partial charge is 0.141 e. The third kappa shape index (κ3) is 2.25. The molecular formula is C13H10Cl2N4. The molecule has 4 nitrogen and oxygen atoms in total. The number of benzene rings is 1. The van der Waals surface area contributed by atoms with Crippen molar-refractivity contribution in [3.8, 4) is 0 Å². The Hall–Kier alpha value is -1.78. The van der Waals surface area contributed by atoms with Gasteiger partial charge in [0, 0.05) is 16.9 Å². The van der Waals surface area contributed by atoms with E-state index in [-0.39, 0.29) is 0 Å². The minimum atomic E-state index is 0.549. The monoisotopic (exact) mass is 292 g/mol. The molecule has 3 aromatic rings. The van der Waals surface area contributed by atoms with E-state index in [1.807, 2.05) is 19.1 Å². The third-order valence-corrected chi connectivity index (χ3v) is 3.38. The van der Waals surface area contributed by atoms with Crippen LogP contribution in [0, 0.1) is 6.92 Å². The van der Waals surface area contributed by atoms with E-state index in [0.29, 0.717) is 15.9 Å². The number of hydrogen-bond donors (Lipinski definition) is 2. The van der Waals surface area contributed by atoms with Crippen LogP contribution in [0.15, 0.2) is 30.5 Å². The number of hydrogen-bond acceptors (Lipinski definition) is 3. The number of pyridine rings is 1.